The van der Waals surface area contributed by atoms with Gasteiger partial charge in [0.05, 0.1) is 6.61 Å². The molecule has 13 heavy (non-hydrogen) atoms. The van der Waals surface area contributed by atoms with Crippen molar-refractivity contribution in [2.24, 2.45) is 0 Å². The largest absolute Gasteiger partial charge is 0.510 e. The summed E-state index contributed by atoms with van der Waals surface area (Å²) in [6.07, 6.45) is 2.16. The lowest BCUT2D eigenvalue weighted by Crippen LogP contribution is -2.15. The fourth-order valence-corrected chi connectivity index (χ4v) is 0.482. The van der Waals surface area contributed by atoms with Crippen LogP contribution in [0.5, 0.6) is 0 Å². The number of halogens is 1. The predicted molar refractivity (Wildman–Crippen MR) is 42.7 cm³/mol. The number of hydrogen-bond acceptors (Lipinski definition) is 4. The molecule has 0 aliphatic heterocycles. The number of rotatable bonds is 5. The Morgan fingerprint density at radius 1 is 1.62 bits per heavy atom. The van der Waals surface area contributed by atoms with E-state index in [1.807, 2.05) is 0 Å². The van der Waals surface area contributed by atoms with Crippen molar-refractivity contribution >= 4 is 6.16 Å². The van der Waals surface area contributed by atoms with E-state index in [1.54, 1.807) is 0 Å². The van der Waals surface area contributed by atoms with Crippen molar-refractivity contribution in [2.45, 2.75) is 13.3 Å². The average molecular weight is 190 g/mol. The maximum Gasteiger partial charge on any atom is 0.510 e. The van der Waals surface area contributed by atoms with Gasteiger partial charge in [-0.05, 0) is 0 Å². The monoisotopic (exact) mass is 190 g/mol. The van der Waals surface area contributed by atoms with Crippen molar-refractivity contribution < 1.29 is 23.4 Å². The van der Waals surface area contributed by atoms with Gasteiger partial charge in [-0.2, -0.15) is 0 Å². The van der Waals surface area contributed by atoms with Gasteiger partial charge in [-0.3, -0.25) is 0 Å². The molecule has 1 atom stereocenters. The molecular weight excluding hydrogens is 179 g/mol. The van der Waals surface area contributed by atoms with E-state index in [9.17, 15) is 9.18 Å². The first-order chi connectivity index (χ1) is 6.16. The van der Waals surface area contributed by atoms with Crippen LogP contribution in [-0.4, -0.2) is 32.3 Å². The highest BCUT2D eigenvalue weighted by molar-refractivity contribution is 5.59. The van der Waals surface area contributed by atoms with E-state index in [0.717, 1.165) is 6.92 Å². The Kier molecular flexibility index (Phi) is 6.65. The highest BCUT2D eigenvalue weighted by Crippen LogP contribution is 1.94. The molecule has 0 N–H and O–H groups in total. The molecule has 0 heterocycles. The molecule has 74 valence electrons. The molecule has 0 aromatic rings. The second kappa shape index (κ2) is 7.37. The van der Waals surface area contributed by atoms with Gasteiger partial charge in [0.2, 0.25) is 6.36 Å². The predicted octanol–water partition coefficient (Wildman–Crippen LogP) is 1.10. The first kappa shape index (κ1) is 11.7. The molecule has 1 unspecified atom stereocenters. The van der Waals surface area contributed by atoms with E-state index in [0.29, 0.717) is 0 Å². The molecule has 0 radical (unpaired) electrons. The molecule has 0 amide bonds. The van der Waals surface area contributed by atoms with E-state index in [2.05, 4.69) is 15.4 Å². The van der Waals surface area contributed by atoms with Crippen LogP contribution < -0.4 is 0 Å². The fraction of sp³-hybridized carbons (Fsp3) is 0.625. The van der Waals surface area contributed by atoms with E-state index in [1.165, 1.54) is 0 Å². The molecule has 4 nitrogen and oxygen atoms in total. The standard InChI is InChI=1S/C8H11FO4/c1-3-4-11-5-6-12-8(10)13-7(2)9/h1,7H,4-6H2,2H3. The van der Waals surface area contributed by atoms with Crippen LogP contribution in [0.4, 0.5) is 9.18 Å². The van der Waals surface area contributed by atoms with Gasteiger partial charge in [-0.15, -0.1) is 6.42 Å². The van der Waals surface area contributed by atoms with Crippen molar-refractivity contribution in [3.63, 3.8) is 0 Å². The van der Waals surface area contributed by atoms with Crippen LogP contribution >= 0.6 is 0 Å². The minimum Gasteiger partial charge on any atom is -0.432 e. The lowest BCUT2D eigenvalue weighted by Gasteiger charge is -2.05. The summed E-state index contributed by atoms with van der Waals surface area (Å²) in [6, 6.07) is 0. The zero-order valence-corrected chi connectivity index (χ0v) is 7.29. The van der Waals surface area contributed by atoms with Gasteiger partial charge in [0.1, 0.15) is 13.2 Å². The first-order valence-electron chi connectivity index (χ1n) is 3.65. The normalized spacial score (nSPS) is 11.5. The quantitative estimate of drug-likeness (QED) is 0.370. The Labute approximate surface area is 76.0 Å². The molecule has 0 aliphatic rings. The second-order valence-electron chi connectivity index (χ2n) is 2.02. The summed E-state index contributed by atoms with van der Waals surface area (Å²) in [4.78, 5) is 10.5. The van der Waals surface area contributed by atoms with Crippen LogP contribution in [0.1, 0.15) is 6.92 Å². The molecule has 0 spiro atoms. The molecule has 0 fully saturated rings. The lowest BCUT2D eigenvalue weighted by molar-refractivity contribution is -0.0284. The molecule has 0 bridgehead atoms. The molecule has 0 aromatic heterocycles. The van der Waals surface area contributed by atoms with Crippen LogP contribution in [-0.2, 0) is 14.2 Å². The van der Waals surface area contributed by atoms with E-state index < -0.39 is 12.5 Å². The van der Waals surface area contributed by atoms with E-state index in [4.69, 9.17) is 11.2 Å². The van der Waals surface area contributed by atoms with Gasteiger partial charge >= 0.3 is 6.16 Å². The number of carbonyl (C=O) groups excluding carboxylic acids is 1. The van der Waals surface area contributed by atoms with Crippen LogP contribution in [0.25, 0.3) is 0 Å². The number of terminal acetylenes is 1. The minimum atomic E-state index is -1.67. The summed E-state index contributed by atoms with van der Waals surface area (Å²) in [5.41, 5.74) is 0. The third-order valence-corrected chi connectivity index (χ3v) is 0.892. The first-order valence-corrected chi connectivity index (χ1v) is 3.65. The van der Waals surface area contributed by atoms with Gasteiger partial charge in [-0.1, -0.05) is 5.92 Å². The van der Waals surface area contributed by atoms with Crippen molar-refractivity contribution in [1.29, 1.82) is 0 Å². The SMILES string of the molecule is C#CCOCCOC(=O)OC(C)F. The van der Waals surface area contributed by atoms with Crippen LogP contribution in [0, 0.1) is 12.3 Å². The smallest absolute Gasteiger partial charge is 0.432 e. The lowest BCUT2D eigenvalue weighted by atomic mass is 10.7. The van der Waals surface area contributed by atoms with E-state index >= 15 is 0 Å². The average Bonchev–Trinajstić information content (AvgIpc) is 2.02. The second-order valence-corrected chi connectivity index (χ2v) is 2.02. The Morgan fingerprint density at radius 3 is 2.85 bits per heavy atom. The topological polar surface area (TPSA) is 44.8 Å². The summed E-state index contributed by atoms with van der Waals surface area (Å²) in [7, 11) is 0. The molecular formula is C8H11FO4. The van der Waals surface area contributed by atoms with Gasteiger partial charge in [0.25, 0.3) is 0 Å². The summed E-state index contributed by atoms with van der Waals surface area (Å²) in [5.74, 6) is 2.23. The molecule has 0 aromatic carbocycles. The van der Waals surface area contributed by atoms with Gasteiger partial charge in [0.15, 0.2) is 0 Å². The summed E-state index contributed by atoms with van der Waals surface area (Å²) >= 11 is 0. The number of carbonyl (C=O) groups is 1. The Morgan fingerprint density at radius 2 is 2.31 bits per heavy atom. The minimum absolute atomic E-state index is 0.00671. The van der Waals surface area contributed by atoms with Gasteiger partial charge in [0, 0.05) is 6.92 Å². The number of alkyl halides is 1. The van der Waals surface area contributed by atoms with Crippen molar-refractivity contribution in [2.75, 3.05) is 19.8 Å². The molecule has 5 heteroatoms. The number of ether oxygens (including phenoxy) is 3. The highest BCUT2D eigenvalue weighted by Gasteiger charge is 2.07. The number of hydrogen-bond donors (Lipinski definition) is 0. The van der Waals surface area contributed by atoms with Crippen molar-refractivity contribution in [3.05, 3.63) is 0 Å². The molecule has 0 saturated heterocycles. The van der Waals surface area contributed by atoms with Crippen molar-refractivity contribution in [3.8, 4) is 12.3 Å². The zero-order chi connectivity index (χ0) is 10.1. The van der Waals surface area contributed by atoms with Gasteiger partial charge in [-0.25, -0.2) is 9.18 Å². The highest BCUT2D eigenvalue weighted by atomic mass is 19.1. The van der Waals surface area contributed by atoms with Crippen LogP contribution in [0.2, 0.25) is 0 Å². The third kappa shape index (κ3) is 8.63. The van der Waals surface area contributed by atoms with Gasteiger partial charge < -0.3 is 14.2 Å². The fourth-order valence-electron chi connectivity index (χ4n) is 0.482. The van der Waals surface area contributed by atoms with Crippen molar-refractivity contribution in [1.82, 2.24) is 0 Å². The Bertz CT molecular complexity index is 185. The molecule has 0 saturated carbocycles. The summed E-state index contributed by atoms with van der Waals surface area (Å²) in [6.45, 7) is 1.39. The Balaban J connectivity index is 3.23. The molecule has 0 rings (SSSR count). The van der Waals surface area contributed by atoms with E-state index in [-0.39, 0.29) is 19.8 Å². The summed E-state index contributed by atoms with van der Waals surface area (Å²) < 4.78 is 25.2. The molecule has 0 aliphatic carbocycles. The maximum atomic E-state index is 12.0. The van der Waals surface area contributed by atoms with Crippen LogP contribution in [0.15, 0.2) is 0 Å². The Hall–Kier alpha value is -1.28. The summed E-state index contributed by atoms with van der Waals surface area (Å²) in [5, 5.41) is 0. The maximum absolute atomic E-state index is 12.0. The zero-order valence-electron chi connectivity index (χ0n) is 7.29. The van der Waals surface area contributed by atoms with Crippen LogP contribution in [0.3, 0.4) is 0 Å². The third-order valence-electron chi connectivity index (χ3n) is 0.892.